The van der Waals surface area contributed by atoms with Crippen molar-refractivity contribution in [3.63, 3.8) is 0 Å². The first-order valence-corrected chi connectivity index (χ1v) is 7.68. The van der Waals surface area contributed by atoms with Crippen LogP contribution in [-0.4, -0.2) is 11.5 Å². The van der Waals surface area contributed by atoms with Gasteiger partial charge < -0.3 is 10.1 Å². The van der Waals surface area contributed by atoms with Crippen molar-refractivity contribution in [1.82, 2.24) is 0 Å². The van der Waals surface area contributed by atoms with Crippen LogP contribution in [0.15, 0.2) is 48.5 Å². The van der Waals surface area contributed by atoms with E-state index in [2.05, 4.69) is 10.3 Å². The molecule has 0 fully saturated rings. The summed E-state index contributed by atoms with van der Waals surface area (Å²) in [5.41, 5.74) is 3.53. The second kappa shape index (κ2) is 6.54. The Morgan fingerprint density at radius 1 is 1.21 bits per heavy atom. The second-order valence-corrected chi connectivity index (χ2v) is 5.44. The molecule has 0 aliphatic heterocycles. The zero-order chi connectivity index (χ0) is 17.1. The van der Waals surface area contributed by atoms with Gasteiger partial charge >= 0.3 is 0 Å². The number of rotatable bonds is 5. The lowest BCUT2D eigenvalue weighted by Gasteiger charge is -2.10. The van der Waals surface area contributed by atoms with Crippen LogP contribution in [0.1, 0.15) is 12.6 Å². The van der Waals surface area contributed by atoms with Crippen LogP contribution in [0.4, 0.5) is 17.1 Å². The summed E-state index contributed by atoms with van der Waals surface area (Å²) >= 11 is 0. The summed E-state index contributed by atoms with van der Waals surface area (Å²) in [6, 6.07) is 14.3. The topological polar surface area (TPSA) is 78.5 Å². The van der Waals surface area contributed by atoms with Gasteiger partial charge in [0, 0.05) is 36.9 Å². The highest BCUT2D eigenvalue weighted by Gasteiger charge is 2.12. The van der Waals surface area contributed by atoms with E-state index in [0.717, 1.165) is 28.0 Å². The number of hydrogen-bond donors (Lipinski definition) is 1. The first-order valence-electron chi connectivity index (χ1n) is 7.68. The maximum atomic E-state index is 10.9. The molecule has 0 bridgehead atoms. The van der Waals surface area contributed by atoms with Crippen LogP contribution in [0.25, 0.3) is 10.9 Å². The van der Waals surface area contributed by atoms with Gasteiger partial charge in [-0.3, -0.25) is 10.1 Å². The molecule has 6 heteroatoms. The third kappa shape index (κ3) is 3.27. The molecule has 1 aromatic heterocycles. The molecule has 0 aliphatic carbocycles. The molecule has 1 heterocycles. The number of nitrogens with one attached hydrogen (secondary N) is 2. The standard InChI is InChI=1S/C18H17N3O3/c1-3-24-15-7-8-17-16(11-15)18(9-12(2)19-17)20-13-5-4-6-14(10-13)21(22)23/h4-11H,3H2,1-2H3,(H,19,20)/p+1. The molecule has 3 rings (SSSR count). The minimum atomic E-state index is -0.402. The van der Waals surface area contributed by atoms with Gasteiger partial charge in [-0.25, -0.2) is 4.98 Å². The molecule has 0 saturated carbocycles. The molecular weight excluding hydrogens is 306 g/mol. The first-order chi connectivity index (χ1) is 11.6. The van der Waals surface area contributed by atoms with Crippen LogP contribution in [0, 0.1) is 17.0 Å². The number of aromatic amines is 1. The Kier molecular flexibility index (Phi) is 4.29. The van der Waals surface area contributed by atoms with Gasteiger partial charge in [-0.15, -0.1) is 0 Å². The number of fused-ring (bicyclic) bond motifs is 1. The molecule has 0 radical (unpaired) electrons. The Labute approximate surface area is 139 Å². The number of H-pyrrole nitrogens is 1. The smallest absolute Gasteiger partial charge is 0.271 e. The number of aryl methyl sites for hydroxylation is 1. The average Bonchev–Trinajstić information content (AvgIpc) is 2.56. The van der Waals surface area contributed by atoms with Gasteiger partial charge in [0.25, 0.3) is 5.69 Å². The number of benzene rings is 2. The van der Waals surface area contributed by atoms with E-state index in [-0.39, 0.29) is 5.69 Å². The van der Waals surface area contributed by atoms with E-state index in [1.54, 1.807) is 12.1 Å². The number of aromatic nitrogens is 1. The van der Waals surface area contributed by atoms with E-state index in [1.165, 1.54) is 12.1 Å². The van der Waals surface area contributed by atoms with Gasteiger partial charge in [0.2, 0.25) is 5.52 Å². The molecule has 6 nitrogen and oxygen atoms in total. The second-order valence-electron chi connectivity index (χ2n) is 5.44. The summed E-state index contributed by atoms with van der Waals surface area (Å²) in [4.78, 5) is 13.9. The Hall–Kier alpha value is -3.15. The summed E-state index contributed by atoms with van der Waals surface area (Å²) in [6.45, 7) is 4.50. The van der Waals surface area contributed by atoms with Gasteiger partial charge in [0.15, 0.2) is 5.69 Å². The fourth-order valence-electron chi connectivity index (χ4n) is 2.61. The number of non-ortho nitro benzene ring substituents is 1. The monoisotopic (exact) mass is 324 g/mol. The lowest BCUT2D eigenvalue weighted by Crippen LogP contribution is -2.10. The largest absolute Gasteiger partial charge is 0.494 e. The van der Waals surface area contributed by atoms with Crippen molar-refractivity contribution >= 4 is 28.0 Å². The van der Waals surface area contributed by atoms with E-state index in [4.69, 9.17) is 4.74 Å². The van der Waals surface area contributed by atoms with Crippen LogP contribution >= 0.6 is 0 Å². The summed E-state index contributed by atoms with van der Waals surface area (Å²) in [6.07, 6.45) is 0. The quantitative estimate of drug-likeness (QED) is 0.568. The van der Waals surface area contributed by atoms with Crippen LogP contribution in [0.5, 0.6) is 5.75 Å². The molecule has 122 valence electrons. The molecule has 2 aromatic carbocycles. The summed E-state index contributed by atoms with van der Waals surface area (Å²) < 4.78 is 5.57. The van der Waals surface area contributed by atoms with Gasteiger partial charge in [-0.05, 0) is 25.1 Å². The molecule has 0 saturated heterocycles. The van der Waals surface area contributed by atoms with E-state index >= 15 is 0 Å². The molecular formula is C18H18N3O3+. The van der Waals surface area contributed by atoms with E-state index in [1.807, 2.05) is 38.1 Å². The first kappa shape index (κ1) is 15.7. The number of nitro benzene ring substituents is 1. The number of pyridine rings is 1. The summed E-state index contributed by atoms with van der Waals surface area (Å²) in [5, 5.41) is 15.2. The van der Waals surface area contributed by atoms with Crippen molar-refractivity contribution in [3.8, 4) is 5.75 Å². The van der Waals surface area contributed by atoms with Gasteiger partial charge in [0.1, 0.15) is 5.75 Å². The fraction of sp³-hybridized carbons (Fsp3) is 0.167. The number of ether oxygens (including phenoxy) is 1. The van der Waals surface area contributed by atoms with Gasteiger partial charge in [0.05, 0.1) is 22.6 Å². The molecule has 0 atom stereocenters. The zero-order valence-corrected chi connectivity index (χ0v) is 13.5. The highest BCUT2D eigenvalue weighted by Crippen LogP contribution is 2.29. The van der Waals surface area contributed by atoms with Crippen molar-refractivity contribution < 1.29 is 14.6 Å². The van der Waals surface area contributed by atoms with Gasteiger partial charge in [-0.1, -0.05) is 6.07 Å². The van der Waals surface area contributed by atoms with E-state index in [0.29, 0.717) is 12.3 Å². The van der Waals surface area contributed by atoms with Crippen molar-refractivity contribution in [3.05, 3.63) is 64.3 Å². The van der Waals surface area contributed by atoms with Crippen molar-refractivity contribution in [2.75, 3.05) is 11.9 Å². The molecule has 24 heavy (non-hydrogen) atoms. The van der Waals surface area contributed by atoms with Crippen molar-refractivity contribution in [1.29, 1.82) is 0 Å². The summed E-state index contributed by atoms with van der Waals surface area (Å²) in [5.74, 6) is 0.782. The zero-order valence-electron chi connectivity index (χ0n) is 13.5. The molecule has 0 aliphatic rings. The molecule has 3 aromatic rings. The van der Waals surface area contributed by atoms with Crippen LogP contribution in [0.3, 0.4) is 0 Å². The third-order valence-electron chi connectivity index (χ3n) is 3.62. The minimum Gasteiger partial charge on any atom is -0.494 e. The maximum absolute atomic E-state index is 10.9. The highest BCUT2D eigenvalue weighted by molar-refractivity contribution is 5.92. The molecule has 0 spiro atoms. The van der Waals surface area contributed by atoms with Crippen LogP contribution < -0.4 is 15.0 Å². The van der Waals surface area contributed by atoms with E-state index in [9.17, 15) is 10.1 Å². The average molecular weight is 324 g/mol. The fourth-order valence-corrected chi connectivity index (χ4v) is 2.61. The number of nitro groups is 1. The third-order valence-corrected chi connectivity index (χ3v) is 3.62. The predicted octanol–water partition coefficient (Wildman–Crippen LogP) is 4.01. The maximum Gasteiger partial charge on any atom is 0.271 e. The SMILES string of the molecule is CCOc1ccc2[nH+]c(C)cc(Nc3cccc([N+](=O)[O-])c3)c2c1. The van der Waals surface area contributed by atoms with Crippen molar-refractivity contribution in [2.45, 2.75) is 13.8 Å². The Morgan fingerprint density at radius 2 is 2.04 bits per heavy atom. The van der Waals surface area contributed by atoms with E-state index < -0.39 is 4.92 Å². The van der Waals surface area contributed by atoms with Crippen LogP contribution in [-0.2, 0) is 0 Å². The molecule has 0 amide bonds. The lowest BCUT2D eigenvalue weighted by molar-refractivity contribution is -0.384. The minimum absolute atomic E-state index is 0.0542. The Balaban J connectivity index is 2.05. The Bertz CT molecular complexity index is 909. The lowest BCUT2D eigenvalue weighted by atomic mass is 10.1. The number of hydrogen-bond acceptors (Lipinski definition) is 4. The van der Waals surface area contributed by atoms with Gasteiger partial charge in [-0.2, -0.15) is 0 Å². The number of nitrogens with zero attached hydrogens (tertiary/aromatic N) is 1. The molecule has 2 N–H and O–H groups in total. The number of anilines is 2. The normalized spacial score (nSPS) is 10.6. The predicted molar refractivity (Wildman–Crippen MR) is 92.8 cm³/mol. The van der Waals surface area contributed by atoms with Crippen LogP contribution in [0.2, 0.25) is 0 Å². The Morgan fingerprint density at radius 3 is 2.79 bits per heavy atom. The molecule has 0 unspecified atom stereocenters. The highest BCUT2D eigenvalue weighted by atomic mass is 16.6. The van der Waals surface area contributed by atoms with Crippen molar-refractivity contribution in [2.24, 2.45) is 0 Å². The summed E-state index contributed by atoms with van der Waals surface area (Å²) in [7, 11) is 0.